The maximum Gasteiger partial charge on any atom is 0.246 e. The molecule has 368 valence electrons. The molecular formula is C52H66N8O8S. The molecule has 0 unspecified atom stereocenters. The molecule has 0 bridgehead atoms. The number of nitrogens with two attached hydrogens (primary N) is 2. The molecule has 0 spiro atoms. The lowest BCUT2D eigenvalue weighted by Gasteiger charge is -2.35. The van der Waals surface area contributed by atoms with Crippen molar-refractivity contribution in [3.63, 3.8) is 0 Å². The summed E-state index contributed by atoms with van der Waals surface area (Å²) in [5.41, 5.74) is 20.5. The molecule has 3 aromatic carbocycles. The number of para-hydroxylation sites is 1. The van der Waals surface area contributed by atoms with E-state index >= 15 is 0 Å². The van der Waals surface area contributed by atoms with Crippen molar-refractivity contribution in [1.82, 2.24) is 25.8 Å². The number of thiazole rings is 1. The lowest BCUT2D eigenvalue weighted by Crippen LogP contribution is -2.57. The number of hydrogen-bond acceptors (Lipinski definition) is 11. The fourth-order valence-electron chi connectivity index (χ4n) is 9.42. The second kappa shape index (κ2) is 22.6. The van der Waals surface area contributed by atoms with Crippen LogP contribution in [0.25, 0.3) is 10.4 Å². The number of amides is 6. The number of carbonyl (C=O) groups is 6. The summed E-state index contributed by atoms with van der Waals surface area (Å²) in [5.74, 6) is -2.15. The van der Waals surface area contributed by atoms with Crippen molar-refractivity contribution in [3.05, 3.63) is 106 Å². The van der Waals surface area contributed by atoms with E-state index in [1.807, 2.05) is 99.9 Å². The normalized spacial score (nSPS) is 19.7. The van der Waals surface area contributed by atoms with Gasteiger partial charge < -0.3 is 42.2 Å². The molecule has 7 rings (SSSR count). The summed E-state index contributed by atoms with van der Waals surface area (Å²) < 4.78 is 6.00. The van der Waals surface area contributed by atoms with Gasteiger partial charge in [0.05, 0.1) is 46.6 Å². The minimum absolute atomic E-state index is 0.00727. The number of anilines is 1. The van der Waals surface area contributed by atoms with Crippen LogP contribution in [0.2, 0.25) is 0 Å². The number of benzene rings is 3. The van der Waals surface area contributed by atoms with Crippen LogP contribution >= 0.6 is 11.3 Å². The van der Waals surface area contributed by atoms with E-state index in [-0.39, 0.29) is 62.6 Å². The Kier molecular flexibility index (Phi) is 16.7. The predicted molar refractivity (Wildman–Crippen MR) is 264 cm³/mol. The first-order valence-corrected chi connectivity index (χ1v) is 24.8. The Morgan fingerprint density at radius 3 is 2.29 bits per heavy atom. The van der Waals surface area contributed by atoms with Gasteiger partial charge in [-0.15, -0.1) is 11.3 Å². The number of nitrogens with one attached hydrogen (secondary N) is 3. The molecule has 6 amide bonds. The van der Waals surface area contributed by atoms with Crippen LogP contribution in [-0.2, 0) is 65.7 Å². The van der Waals surface area contributed by atoms with Crippen LogP contribution in [0.1, 0.15) is 92.8 Å². The second-order valence-corrected chi connectivity index (χ2v) is 20.5. The second-order valence-electron chi connectivity index (χ2n) is 19.6. The van der Waals surface area contributed by atoms with Gasteiger partial charge in [-0.2, -0.15) is 0 Å². The van der Waals surface area contributed by atoms with Crippen molar-refractivity contribution in [2.75, 3.05) is 24.7 Å². The molecule has 4 heterocycles. The maximum absolute atomic E-state index is 14.1. The summed E-state index contributed by atoms with van der Waals surface area (Å²) >= 11 is 1.57. The quantitative estimate of drug-likeness (QED) is 0.0701. The number of aromatic nitrogens is 1. The fourth-order valence-corrected chi connectivity index (χ4v) is 10.2. The third kappa shape index (κ3) is 12.8. The van der Waals surface area contributed by atoms with Gasteiger partial charge in [0, 0.05) is 45.4 Å². The number of nitrogens with zero attached hydrogens (tertiary/aromatic N) is 3. The molecule has 0 saturated carbocycles. The molecule has 1 saturated heterocycles. The molecule has 6 atom stereocenters. The van der Waals surface area contributed by atoms with Gasteiger partial charge in [0.1, 0.15) is 18.1 Å². The molecule has 4 aromatic rings. The average Bonchev–Trinajstić information content (AvgIpc) is 4.04. The molecule has 3 aliphatic heterocycles. The lowest BCUT2D eigenvalue weighted by atomic mass is 9.85. The van der Waals surface area contributed by atoms with Gasteiger partial charge in [-0.25, -0.2) is 4.98 Å². The van der Waals surface area contributed by atoms with Crippen molar-refractivity contribution in [3.8, 4) is 10.4 Å². The Balaban J connectivity index is 0.849. The first-order valence-electron chi connectivity index (χ1n) is 24.0. The van der Waals surface area contributed by atoms with Gasteiger partial charge in [0.25, 0.3) is 0 Å². The fraction of sp³-hybridized carbons (Fsp3) is 0.481. The molecule has 1 fully saturated rings. The van der Waals surface area contributed by atoms with E-state index in [0.29, 0.717) is 45.1 Å². The summed E-state index contributed by atoms with van der Waals surface area (Å²) in [4.78, 5) is 88.2. The average molecular weight is 963 g/mol. The number of rotatable bonds is 20. The van der Waals surface area contributed by atoms with Gasteiger partial charge >= 0.3 is 0 Å². The molecule has 3 aliphatic rings. The minimum Gasteiger partial charge on any atom is -0.391 e. The highest BCUT2D eigenvalue weighted by molar-refractivity contribution is 7.13. The van der Waals surface area contributed by atoms with E-state index in [2.05, 4.69) is 20.9 Å². The van der Waals surface area contributed by atoms with Crippen LogP contribution in [0, 0.1) is 12.3 Å². The van der Waals surface area contributed by atoms with E-state index < -0.39 is 53.5 Å². The number of β-amino-alcohol motifs (C(OH)–C–C–N with tert-alkyl or cyclic N) is 1. The predicted octanol–water partition coefficient (Wildman–Crippen LogP) is 3.79. The highest BCUT2D eigenvalue weighted by Gasteiger charge is 2.45. The van der Waals surface area contributed by atoms with Crippen molar-refractivity contribution in [2.24, 2.45) is 16.9 Å². The largest absolute Gasteiger partial charge is 0.391 e. The van der Waals surface area contributed by atoms with Crippen LogP contribution in [-0.4, -0.2) is 107 Å². The van der Waals surface area contributed by atoms with Gasteiger partial charge in [-0.05, 0) is 84.2 Å². The maximum atomic E-state index is 14.1. The molecule has 16 nitrogen and oxygen atoms in total. The van der Waals surface area contributed by atoms with Crippen molar-refractivity contribution in [2.45, 2.75) is 135 Å². The molecule has 0 aliphatic carbocycles. The Labute approximate surface area is 407 Å². The molecule has 8 N–H and O–H groups in total. The monoisotopic (exact) mass is 962 g/mol. The van der Waals surface area contributed by atoms with Gasteiger partial charge in [0.2, 0.25) is 35.4 Å². The number of aryl methyl sites for hydroxylation is 4. The topological polar surface area (TPSA) is 239 Å². The lowest BCUT2D eigenvalue weighted by molar-refractivity contribution is -0.144. The number of aliphatic hydroxyl groups is 1. The van der Waals surface area contributed by atoms with Crippen LogP contribution < -0.4 is 32.3 Å². The Hall–Kier alpha value is -6.01. The zero-order chi connectivity index (χ0) is 49.4. The zero-order valence-corrected chi connectivity index (χ0v) is 40.8. The highest BCUT2D eigenvalue weighted by atomic mass is 32.1. The number of carbonyl (C=O) groups excluding carboxylic acids is 6. The van der Waals surface area contributed by atoms with Crippen molar-refractivity contribution >= 4 is 52.5 Å². The molecule has 17 heteroatoms. The SMILES string of the molecule is Cc1ncsc1-c1ccc(CNC(=O)[C@@H]2C[C@@H](O)CN2C(=O)[C@@H](NC(=O)CCc2ccc(CCCOC[C@H](CCC(N)=O)NC(=O)[C@@H]3Cc4cccc5c4N3C(=O)[C@@H](N)CC5)cc2)C(C)(C)C)cc1. The van der Waals surface area contributed by atoms with Gasteiger partial charge in [-0.1, -0.05) is 87.5 Å². The summed E-state index contributed by atoms with van der Waals surface area (Å²) in [5, 5.41) is 19.5. The Morgan fingerprint density at radius 1 is 0.913 bits per heavy atom. The molecular weight excluding hydrogens is 897 g/mol. The van der Waals surface area contributed by atoms with Gasteiger partial charge in [0.15, 0.2) is 0 Å². The summed E-state index contributed by atoms with van der Waals surface area (Å²) in [6.45, 7) is 8.37. The summed E-state index contributed by atoms with van der Waals surface area (Å²) in [7, 11) is 0. The standard InChI is InChI=1S/C52H66N8O8S/c1-31-46(69-30-56-31)36-17-14-34(15-18-36)27-55-48(64)41-26-39(61)28-59(41)51(67)47(52(2,3)4)58-44(63)23-16-33-12-10-32(11-13-33)7-6-24-68-29-38(20-22-43(54)62)57-49(65)42-25-37-9-5-8-35-19-21-40(53)50(66)60(42)45(35)37/h5,8-15,17-18,30,38-42,47,61H,6-7,16,19-29,53H2,1-4H3,(H2,54,62)(H,55,64)(H,57,65)(H,58,63)/t38-,39+,40-,41-,42-,47+/m0/s1. The number of hydrogen-bond donors (Lipinski definition) is 6. The van der Waals surface area contributed by atoms with E-state index in [1.165, 1.54) is 4.90 Å². The number of likely N-dealkylation sites (tertiary alicyclic amines) is 1. The van der Waals surface area contributed by atoms with E-state index in [9.17, 15) is 33.9 Å². The highest BCUT2D eigenvalue weighted by Crippen LogP contribution is 2.39. The summed E-state index contributed by atoms with van der Waals surface area (Å²) in [6, 6.07) is 18.0. The van der Waals surface area contributed by atoms with E-state index in [1.54, 1.807) is 16.2 Å². The van der Waals surface area contributed by atoms with E-state index in [0.717, 1.165) is 56.1 Å². The Bertz CT molecular complexity index is 2490. The van der Waals surface area contributed by atoms with Crippen molar-refractivity contribution < 1.29 is 38.6 Å². The number of primary amides is 1. The smallest absolute Gasteiger partial charge is 0.246 e. The van der Waals surface area contributed by atoms with Crippen LogP contribution in [0.15, 0.2) is 72.2 Å². The molecule has 69 heavy (non-hydrogen) atoms. The third-order valence-corrected chi connectivity index (χ3v) is 14.3. The Morgan fingerprint density at radius 2 is 1.61 bits per heavy atom. The van der Waals surface area contributed by atoms with Crippen LogP contribution in [0.4, 0.5) is 5.69 Å². The van der Waals surface area contributed by atoms with Crippen molar-refractivity contribution in [1.29, 1.82) is 0 Å². The summed E-state index contributed by atoms with van der Waals surface area (Å²) in [6.07, 6.45) is 3.14. The van der Waals surface area contributed by atoms with Crippen LogP contribution in [0.3, 0.4) is 0 Å². The zero-order valence-electron chi connectivity index (χ0n) is 40.0. The minimum atomic E-state index is -0.925. The van der Waals surface area contributed by atoms with E-state index in [4.69, 9.17) is 16.2 Å². The molecule has 0 radical (unpaired) electrons. The number of aliphatic hydroxyl groups excluding tert-OH is 1. The first kappa shape index (κ1) is 50.9. The first-order chi connectivity index (χ1) is 33.0. The van der Waals surface area contributed by atoms with Crippen LogP contribution in [0.5, 0.6) is 0 Å². The third-order valence-electron chi connectivity index (χ3n) is 13.3. The van der Waals surface area contributed by atoms with Gasteiger partial charge in [-0.3, -0.25) is 33.7 Å². The number of ether oxygens (including phenoxy) is 1. The molecule has 1 aromatic heterocycles.